The number of nitrogens with one attached hydrogen (secondary N) is 4. The summed E-state index contributed by atoms with van der Waals surface area (Å²) in [5.41, 5.74) is 9.39. The van der Waals surface area contributed by atoms with Crippen molar-refractivity contribution in [3.05, 3.63) is 251 Å². The number of anilines is 16. The van der Waals surface area contributed by atoms with E-state index >= 15 is 0 Å². The standard InChI is InChI=1S/C23H18F3N7O2.C23H19F3N6O2.C22H18F5N5O3.C21H17BrF3N5O2/c1-35-17-5-2-15(3-6-17)33-20-14(11-29-21(31-20)30-13-23(24,25)26)12-32(22(33)34)16-4-7-18-19(10-16)28-9-8-27-18;1-34-18-6-4-16(5-7-18)32-20-15(11-28-21(30-20)29-13-23(24,25)26)12-31(22(32)33)17-3-2-14-8-9-27-19(14)10-17;1-34-16-6-2-14(3-7-16)31-11-13-10-28-20(29-12-22(25,26)27)30-18(13)32(21(31)33)15-4-8-17(9-5-15)35-19(23)24;1-32-17-8-6-15(7-9-17)29-11-13-10-26-19(27-12-21(23,24)25)28-18(13)30(20(29)31)16-4-2-14(22)3-5-16/h2-11H,12-13H2,1H3,(H,29,30,31);2-7,9-11H,8,12-13H2,1H3,(H,28,29,30);2-10,19H,11-12H2,1H3,(H,28,29,30);2-10H,11-12H2,1H3,(H,26,27,28). The number of nitrogens with zero attached hydrogens (tertiary/aromatic N) is 19. The van der Waals surface area contributed by atoms with Crippen LogP contribution in [0.2, 0.25) is 0 Å². The fraction of sp³-hybridized carbons (Fsp3) is 0.202. The van der Waals surface area contributed by atoms with E-state index in [0.717, 1.165) is 27.0 Å². The third kappa shape index (κ3) is 22.6. The van der Waals surface area contributed by atoms with Gasteiger partial charge in [-0.25, -0.2) is 58.7 Å². The van der Waals surface area contributed by atoms with Crippen molar-refractivity contribution in [1.82, 2.24) is 49.8 Å². The second kappa shape index (κ2) is 40.1. The van der Waals surface area contributed by atoms with Crippen molar-refractivity contribution in [2.45, 2.75) is 63.9 Å². The first-order chi connectivity index (χ1) is 65.0. The van der Waals surface area contributed by atoms with Gasteiger partial charge in [-0.1, -0.05) is 22.0 Å². The van der Waals surface area contributed by atoms with Gasteiger partial charge in [-0.2, -0.15) is 81.4 Å². The van der Waals surface area contributed by atoms with Gasteiger partial charge in [-0.3, -0.25) is 34.6 Å². The maximum absolute atomic E-state index is 13.7. The van der Waals surface area contributed by atoms with E-state index in [4.69, 9.17) is 18.9 Å². The summed E-state index contributed by atoms with van der Waals surface area (Å²) < 4.78 is 203. The number of amides is 8. The Labute approximate surface area is 770 Å². The number of fused-ring (bicyclic) bond motifs is 6. The van der Waals surface area contributed by atoms with Crippen molar-refractivity contribution in [3.8, 4) is 28.7 Å². The number of halogens is 15. The van der Waals surface area contributed by atoms with E-state index in [1.807, 2.05) is 24.4 Å². The average Bonchev–Trinajstić information content (AvgIpc) is 0.848. The number of rotatable bonds is 22. The zero-order chi connectivity index (χ0) is 96.5. The highest BCUT2D eigenvalue weighted by Gasteiger charge is 2.42. The van der Waals surface area contributed by atoms with Crippen molar-refractivity contribution in [3.63, 3.8) is 0 Å². The number of alkyl halides is 14. The number of carbonyl (C=O) groups is 4. The smallest absolute Gasteiger partial charge is 0.405 e. The van der Waals surface area contributed by atoms with Crippen LogP contribution in [-0.2, 0) is 32.6 Å². The van der Waals surface area contributed by atoms with Crippen LogP contribution in [0.1, 0.15) is 27.8 Å². The minimum Gasteiger partial charge on any atom is -0.497 e. The van der Waals surface area contributed by atoms with Crippen LogP contribution in [0.5, 0.6) is 28.7 Å². The lowest BCUT2D eigenvalue weighted by Gasteiger charge is -2.36. The Morgan fingerprint density at radius 3 is 0.934 bits per heavy atom. The molecular formula is C89H72BrF14N23O9. The lowest BCUT2D eigenvalue weighted by molar-refractivity contribution is -0.116. The number of aliphatic imine (C=N–C) groups is 1. The molecular weight excluding hydrogens is 1880 g/mol. The Kier molecular flexibility index (Phi) is 27.9. The van der Waals surface area contributed by atoms with Gasteiger partial charge >= 0.3 is 55.4 Å². The zero-order valence-corrected chi connectivity index (χ0v) is 72.7. The number of ether oxygens (including phenoxy) is 5. The summed E-state index contributed by atoms with van der Waals surface area (Å²) in [5.74, 6) is 1.96. The van der Waals surface area contributed by atoms with Gasteiger partial charge in [0.15, 0.2) is 23.3 Å². The van der Waals surface area contributed by atoms with Gasteiger partial charge in [0.2, 0.25) is 23.8 Å². The number of carbonyl (C=O) groups excluding carboxylic acids is 4. The highest BCUT2D eigenvalue weighted by molar-refractivity contribution is 9.10. The molecule has 0 saturated carbocycles. The number of hydrogen-bond acceptors (Lipinski definition) is 24. The summed E-state index contributed by atoms with van der Waals surface area (Å²) in [4.78, 5) is 111. The van der Waals surface area contributed by atoms with Crippen LogP contribution in [-0.4, -0.2) is 166 Å². The van der Waals surface area contributed by atoms with Crippen molar-refractivity contribution in [2.24, 2.45) is 4.99 Å². The van der Waals surface area contributed by atoms with E-state index < -0.39 is 81.6 Å². The molecule has 5 aliphatic rings. The van der Waals surface area contributed by atoms with E-state index in [1.165, 1.54) is 99.8 Å². The maximum Gasteiger partial charge on any atom is 0.405 e. The molecule has 0 unspecified atom stereocenters. The molecule has 136 heavy (non-hydrogen) atoms. The molecule has 0 aliphatic carbocycles. The highest BCUT2D eigenvalue weighted by atomic mass is 79.9. The van der Waals surface area contributed by atoms with Gasteiger partial charge in [0.1, 0.15) is 54.9 Å². The Balaban J connectivity index is 0.000000138. The predicted octanol–water partition coefficient (Wildman–Crippen LogP) is 20.5. The number of methoxy groups -OCH3 is 4. The van der Waals surface area contributed by atoms with Crippen LogP contribution in [0.3, 0.4) is 0 Å². The van der Waals surface area contributed by atoms with Gasteiger partial charge in [-0.05, 0) is 181 Å². The first-order valence-corrected chi connectivity index (χ1v) is 41.2. The molecule has 10 heterocycles. The topological polar surface area (TPSA) is 330 Å². The van der Waals surface area contributed by atoms with Gasteiger partial charge in [-0.15, -0.1) is 0 Å². The second-order valence-electron chi connectivity index (χ2n) is 29.6. The third-order valence-electron chi connectivity index (χ3n) is 20.5. The van der Waals surface area contributed by atoms with E-state index in [9.17, 15) is 80.6 Å². The Hall–Kier alpha value is -16.1. The van der Waals surface area contributed by atoms with Gasteiger partial charge in [0.25, 0.3) is 0 Å². The van der Waals surface area contributed by atoms with Gasteiger partial charge < -0.3 is 45.0 Å². The summed E-state index contributed by atoms with van der Waals surface area (Å²) in [7, 11) is 6.10. The summed E-state index contributed by atoms with van der Waals surface area (Å²) >= 11 is 3.36. The number of urea groups is 4. The molecule has 18 rings (SSSR count). The SMILES string of the molecule is COc1ccc(N2C(=O)N(c3ccc4c(c3)N=CC4)Cc3cnc(NCC(F)(F)F)nc32)cc1.COc1ccc(N2C(=O)N(c3ccc4nccnc4c3)Cc3cnc(NCC(F)(F)F)nc32)cc1.COc1ccc(N2Cc3cnc(NCC(F)(F)F)nc3N(c3ccc(Br)cc3)C2=O)cc1.COc1ccc(N2Cc3cnc(NCC(F)(F)F)nc3N(c3ccc(OC(F)F)cc3)C2=O)cc1. The second-order valence-corrected chi connectivity index (χ2v) is 30.5. The predicted molar refractivity (Wildman–Crippen MR) is 478 cm³/mol. The van der Waals surface area contributed by atoms with Crippen molar-refractivity contribution < 1.29 is 104 Å². The van der Waals surface area contributed by atoms with Crippen LogP contribution < -0.4 is 84.2 Å². The van der Waals surface area contributed by atoms with Crippen molar-refractivity contribution >= 4 is 156 Å². The van der Waals surface area contributed by atoms with Gasteiger partial charge in [0, 0.05) is 99.3 Å². The molecule has 8 aromatic carbocycles. The van der Waals surface area contributed by atoms with Crippen molar-refractivity contribution in [2.75, 3.05) is 115 Å². The zero-order valence-electron chi connectivity index (χ0n) is 71.1. The van der Waals surface area contributed by atoms with E-state index in [-0.39, 0.29) is 84.7 Å². The molecule has 5 aromatic heterocycles. The summed E-state index contributed by atoms with van der Waals surface area (Å²) in [5, 5.41) is 8.60. The molecule has 0 spiro atoms. The normalized spacial score (nSPS) is 13.9. The third-order valence-corrected chi connectivity index (χ3v) is 21.1. The molecule has 0 fully saturated rings. The maximum atomic E-state index is 13.7. The van der Waals surface area contributed by atoms with Crippen LogP contribution in [0.4, 0.5) is 179 Å². The highest BCUT2D eigenvalue weighted by Crippen LogP contribution is 2.45. The van der Waals surface area contributed by atoms with Crippen LogP contribution in [0.25, 0.3) is 11.0 Å². The van der Waals surface area contributed by atoms with Crippen LogP contribution in [0.15, 0.2) is 229 Å². The molecule has 47 heteroatoms. The molecule has 5 aliphatic heterocycles. The lowest BCUT2D eigenvalue weighted by atomic mass is 10.1. The van der Waals surface area contributed by atoms with Crippen LogP contribution in [0, 0.1) is 0 Å². The summed E-state index contributed by atoms with van der Waals surface area (Å²) in [6.07, 6.45) is -6.50. The average molecular weight is 1950 g/mol. The molecule has 702 valence electrons. The fourth-order valence-electron chi connectivity index (χ4n) is 14.1. The number of benzene rings is 8. The molecule has 4 N–H and O–H groups in total. The quantitative estimate of drug-likeness (QED) is 0.0458. The molecule has 32 nitrogen and oxygen atoms in total. The Bertz CT molecular complexity index is 6550. The molecule has 0 bridgehead atoms. The van der Waals surface area contributed by atoms with Gasteiger partial charge in [0.05, 0.1) is 94.1 Å². The van der Waals surface area contributed by atoms with Crippen molar-refractivity contribution in [1.29, 1.82) is 0 Å². The largest absolute Gasteiger partial charge is 0.497 e. The molecule has 0 radical (unpaired) electrons. The Morgan fingerprint density at radius 1 is 0.338 bits per heavy atom. The minimum absolute atomic E-state index is 0.0448. The molecule has 13 aromatic rings. The van der Waals surface area contributed by atoms with E-state index in [0.29, 0.717) is 96.1 Å². The molecule has 0 atom stereocenters. The van der Waals surface area contributed by atoms with Crippen LogP contribution >= 0.6 is 15.9 Å². The lowest BCUT2D eigenvalue weighted by Crippen LogP contribution is -2.45. The molecule has 0 saturated heterocycles. The first kappa shape index (κ1) is 94.5. The fourth-order valence-corrected chi connectivity index (χ4v) is 14.4. The minimum atomic E-state index is -4.50. The monoisotopic (exact) mass is 1950 g/mol. The number of hydrogen-bond donors (Lipinski definition) is 4. The number of aromatic nitrogens is 10. The Morgan fingerprint density at radius 2 is 0.618 bits per heavy atom. The van der Waals surface area contributed by atoms with E-state index in [2.05, 4.69) is 96.8 Å². The summed E-state index contributed by atoms with van der Waals surface area (Å²) in [6, 6.07) is 48.3. The van der Waals surface area contributed by atoms with E-state index in [1.54, 1.807) is 164 Å². The molecule has 8 amide bonds. The summed E-state index contributed by atoms with van der Waals surface area (Å²) in [6.45, 7) is -7.78. The first-order valence-electron chi connectivity index (χ1n) is 40.4.